The summed E-state index contributed by atoms with van der Waals surface area (Å²) < 4.78 is 26.8. The fraction of sp³-hybridized carbons (Fsp3) is 0.231. The number of halogens is 2. The van der Waals surface area contributed by atoms with Crippen LogP contribution in [0.4, 0.5) is 26.1 Å². The fourth-order valence-corrected chi connectivity index (χ4v) is 1.72. The molecular weight excluding hydrogens is 250 g/mol. The highest BCUT2D eigenvalue weighted by Gasteiger charge is 2.12. The van der Waals surface area contributed by atoms with Gasteiger partial charge in [0, 0.05) is 12.6 Å². The van der Waals surface area contributed by atoms with E-state index in [0.29, 0.717) is 17.5 Å². The van der Waals surface area contributed by atoms with E-state index in [4.69, 9.17) is 0 Å². The molecule has 0 aliphatic carbocycles. The molecule has 4 nitrogen and oxygen atoms in total. The molecule has 2 aromatic rings. The third-order valence-corrected chi connectivity index (χ3v) is 2.70. The Morgan fingerprint density at radius 1 is 1.05 bits per heavy atom. The van der Waals surface area contributed by atoms with Gasteiger partial charge in [-0.15, -0.1) is 0 Å². The molecule has 0 aliphatic rings. The van der Waals surface area contributed by atoms with E-state index >= 15 is 0 Å². The normalized spacial score (nSPS) is 10.4. The maximum atomic E-state index is 13.6. The molecule has 0 unspecified atom stereocenters. The Labute approximate surface area is 109 Å². The van der Waals surface area contributed by atoms with Crippen molar-refractivity contribution in [3.8, 4) is 0 Å². The minimum Gasteiger partial charge on any atom is -0.373 e. The Kier molecular flexibility index (Phi) is 3.59. The van der Waals surface area contributed by atoms with E-state index in [2.05, 4.69) is 20.6 Å². The van der Waals surface area contributed by atoms with Crippen molar-refractivity contribution >= 4 is 17.3 Å². The van der Waals surface area contributed by atoms with Crippen LogP contribution < -0.4 is 10.6 Å². The topological polar surface area (TPSA) is 49.8 Å². The SMILES string of the molecule is CNc1nc(C)nc(Nc2cccc(F)c2F)c1C. The quantitative estimate of drug-likeness (QED) is 0.894. The molecule has 0 saturated carbocycles. The van der Waals surface area contributed by atoms with Crippen molar-refractivity contribution in [3.63, 3.8) is 0 Å². The molecule has 2 rings (SSSR count). The zero-order chi connectivity index (χ0) is 14.0. The number of anilines is 3. The molecule has 0 atom stereocenters. The highest BCUT2D eigenvalue weighted by atomic mass is 19.2. The molecule has 100 valence electrons. The van der Waals surface area contributed by atoms with Gasteiger partial charge in [0.25, 0.3) is 0 Å². The first-order chi connectivity index (χ1) is 9.02. The fourth-order valence-electron chi connectivity index (χ4n) is 1.72. The number of hydrogen-bond donors (Lipinski definition) is 2. The smallest absolute Gasteiger partial charge is 0.182 e. The van der Waals surface area contributed by atoms with Crippen molar-refractivity contribution < 1.29 is 8.78 Å². The van der Waals surface area contributed by atoms with Crippen LogP contribution in [0.1, 0.15) is 11.4 Å². The lowest BCUT2D eigenvalue weighted by molar-refractivity contribution is 0.511. The molecule has 6 heteroatoms. The largest absolute Gasteiger partial charge is 0.373 e. The second-order valence-electron chi connectivity index (χ2n) is 4.07. The maximum absolute atomic E-state index is 13.6. The van der Waals surface area contributed by atoms with Crippen LogP contribution in [-0.4, -0.2) is 17.0 Å². The summed E-state index contributed by atoms with van der Waals surface area (Å²) in [4.78, 5) is 8.40. The summed E-state index contributed by atoms with van der Waals surface area (Å²) in [6, 6.07) is 3.95. The lowest BCUT2D eigenvalue weighted by Gasteiger charge is -2.13. The molecule has 0 fully saturated rings. The summed E-state index contributed by atoms with van der Waals surface area (Å²) in [6.45, 7) is 3.53. The summed E-state index contributed by atoms with van der Waals surface area (Å²) in [7, 11) is 1.74. The zero-order valence-electron chi connectivity index (χ0n) is 10.9. The van der Waals surface area contributed by atoms with Crippen LogP contribution >= 0.6 is 0 Å². The third kappa shape index (κ3) is 2.62. The van der Waals surface area contributed by atoms with Crippen molar-refractivity contribution in [1.29, 1.82) is 0 Å². The molecule has 0 saturated heterocycles. The van der Waals surface area contributed by atoms with E-state index in [1.165, 1.54) is 12.1 Å². The van der Waals surface area contributed by atoms with Gasteiger partial charge in [-0.3, -0.25) is 0 Å². The van der Waals surface area contributed by atoms with Gasteiger partial charge in [0.2, 0.25) is 0 Å². The number of nitrogens with one attached hydrogen (secondary N) is 2. The molecular formula is C13H14F2N4. The van der Waals surface area contributed by atoms with Crippen LogP contribution in [0.3, 0.4) is 0 Å². The van der Waals surface area contributed by atoms with Crippen LogP contribution in [0.5, 0.6) is 0 Å². The van der Waals surface area contributed by atoms with Gasteiger partial charge >= 0.3 is 0 Å². The standard InChI is InChI=1S/C13H14F2N4/c1-7-12(16-3)17-8(2)18-13(7)19-10-6-4-5-9(14)11(10)15/h4-6H,1-3H3,(H2,16,17,18,19). The molecule has 1 heterocycles. The molecule has 1 aromatic carbocycles. The number of aromatic nitrogens is 2. The summed E-state index contributed by atoms with van der Waals surface area (Å²) in [5, 5.41) is 5.72. The zero-order valence-corrected chi connectivity index (χ0v) is 10.9. The molecule has 0 radical (unpaired) electrons. The highest BCUT2D eigenvalue weighted by molar-refractivity contribution is 5.65. The first-order valence-corrected chi connectivity index (χ1v) is 5.77. The number of nitrogens with zero attached hydrogens (tertiary/aromatic N) is 2. The molecule has 0 amide bonds. The average molecular weight is 264 g/mol. The van der Waals surface area contributed by atoms with Crippen LogP contribution in [0, 0.1) is 25.5 Å². The number of benzene rings is 1. The van der Waals surface area contributed by atoms with Crippen LogP contribution in [0.15, 0.2) is 18.2 Å². The summed E-state index contributed by atoms with van der Waals surface area (Å²) in [6.07, 6.45) is 0. The minimum absolute atomic E-state index is 0.0447. The third-order valence-electron chi connectivity index (χ3n) is 2.70. The van der Waals surface area contributed by atoms with E-state index < -0.39 is 11.6 Å². The Morgan fingerprint density at radius 3 is 2.42 bits per heavy atom. The van der Waals surface area contributed by atoms with E-state index in [1.54, 1.807) is 20.9 Å². The first-order valence-electron chi connectivity index (χ1n) is 5.77. The van der Waals surface area contributed by atoms with Gasteiger partial charge in [0.15, 0.2) is 11.6 Å². The second kappa shape index (κ2) is 5.17. The molecule has 0 aliphatic heterocycles. The van der Waals surface area contributed by atoms with Crippen LogP contribution in [0.2, 0.25) is 0 Å². The summed E-state index contributed by atoms with van der Waals surface area (Å²) in [5.74, 6) is -0.200. The van der Waals surface area contributed by atoms with Gasteiger partial charge in [-0.1, -0.05) is 6.07 Å². The van der Waals surface area contributed by atoms with E-state index in [9.17, 15) is 8.78 Å². The van der Waals surface area contributed by atoms with E-state index in [1.807, 2.05) is 0 Å². The van der Waals surface area contributed by atoms with Crippen molar-refractivity contribution in [1.82, 2.24) is 9.97 Å². The number of rotatable bonds is 3. The number of hydrogen-bond acceptors (Lipinski definition) is 4. The van der Waals surface area contributed by atoms with Gasteiger partial charge < -0.3 is 10.6 Å². The lowest BCUT2D eigenvalue weighted by atomic mass is 10.2. The molecule has 19 heavy (non-hydrogen) atoms. The summed E-state index contributed by atoms with van der Waals surface area (Å²) in [5.41, 5.74) is 0.778. The van der Waals surface area contributed by atoms with Gasteiger partial charge in [0.1, 0.15) is 17.5 Å². The van der Waals surface area contributed by atoms with Crippen LogP contribution in [-0.2, 0) is 0 Å². The molecule has 0 bridgehead atoms. The maximum Gasteiger partial charge on any atom is 0.182 e. The predicted octanol–water partition coefficient (Wildman–Crippen LogP) is 3.16. The molecule has 2 N–H and O–H groups in total. The Hall–Kier alpha value is -2.24. The van der Waals surface area contributed by atoms with E-state index in [-0.39, 0.29) is 5.69 Å². The Balaban J connectivity index is 2.43. The molecule has 1 aromatic heterocycles. The predicted molar refractivity (Wildman–Crippen MR) is 70.7 cm³/mol. The Bertz CT molecular complexity index is 614. The van der Waals surface area contributed by atoms with Gasteiger partial charge in [-0.2, -0.15) is 0 Å². The summed E-state index contributed by atoms with van der Waals surface area (Å²) >= 11 is 0. The second-order valence-corrected chi connectivity index (χ2v) is 4.07. The monoisotopic (exact) mass is 264 g/mol. The minimum atomic E-state index is -0.927. The van der Waals surface area contributed by atoms with Gasteiger partial charge in [0.05, 0.1) is 5.69 Å². The highest BCUT2D eigenvalue weighted by Crippen LogP contribution is 2.25. The van der Waals surface area contributed by atoms with Gasteiger partial charge in [-0.05, 0) is 26.0 Å². The lowest BCUT2D eigenvalue weighted by Crippen LogP contribution is -2.06. The Morgan fingerprint density at radius 2 is 1.74 bits per heavy atom. The van der Waals surface area contributed by atoms with Gasteiger partial charge in [-0.25, -0.2) is 18.7 Å². The van der Waals surface area contributed by atoms with Crippen molar-refractivity contribution in [2.24, 2.45) is 0 Å². The van der Waals surface area contributed by atoms with Crippen LogP contribution in [0.25, 0.3) is 0 Å². The molecule has 0 spiro atoms. The first kappa shape index (κ1) is 13.2. The van der Waals surface area contributed by atoms with Crippen molar-refractivity contribution in [3.05, 3.63) is 41.2 Å². The average Bonchev–Trinajstić information content (AvgIpc) is 2.38. The number of aryl methyl sites for hydroxylation is 1. The van der Waals surface area contributed by atoms with E-state index in [0.717, 1.165) is 11.6 Å². The van der Waals surface area contributed by atoms with Crippen molar-refractivity contribution in [2.45, 2.75) is 13.8 Å². The van der Waals surface area contributed by atoms with Crippen molar-refractivity contribution in [2.75, 3.05) is 17.7 Å².